The molecule has 3 aliphatic rings. The van der Waals surface area contributed by atoms with Gasteiger partial charge in [-0.3, -0.25) is 14.5 Å². The van der Waals surface area contributed by atoms with Crippen molar-refractivity contribution in [1.82, 2.24) is 14.9 Å². The van der Waals surface area contributed by atoms with Crippen LogP contribution in [-0.4, -0.2) is 79.9 Å². The van der Waals surface area contributed by atoms with Crippen molar-refractivity contribution < 1.29 is 27.9 Å². The van der Waals surface area contributed by atoms with Crippen LogP contribution in [0.4, 0.5) is 37.5 Å². The topological polar surface area (TPSA) is 104 Å². The summed E-state index contributed by atoms with van der Waals surface area (Å²) in [7, 11) is 1.58. The highest BCUT2D eigenvalue weighted by Gasteiger charge is 2.32. The third kappa shape index (κ3) is 6.85. The van der Waals surface area contributed by atoms with Gasteiger partial charge in [-0.25, -0.2) is 23.8 Å². The van der Waals surface area contributed by atoms with E-state index in [9.17, 15) is 13.6 Å². The predicted octanol–water partition coefficient (Wildman–Crippen LogP) is 4.82. The molecule has 0 bridgehead atoms. The number of halogens is 2. The van der Waals surface area contributed by atoms with E-state index >= 15 is 0 Å². The Morgan fingerprint density at radius 3 is 2.56 bits per heavy atom. The number of hydrogen-bond acceptors (Lipinski definition) is 10. The first kappa shape index (κ1) is 30.7. The highest BCUT2D eigenvalue weighted by molar-refractivity contribution is 6.02. The first-order valence-electron chi connectivity index (χ1n) is 15.1. The van der Waals surface area contributed by atoms with Crippen molar-refractivity contribution in [3.8, 4) is 5.75 Å². The Labute approximate surface area is 260 Å². The molecular weight excluding hydrogens is 584 g/mol. The monoisotopic (exact) mass is 621 g/mol. The van der Waals surface area contributed by atoms with Gasteiger partial charge >= 0.3 is 0 Å². The molecule has 1 amide bonds. The molecule has 1 atom stereocenters. The van der Waals surface area contributed by atoms with Gasteiger partial charge in [0.15, 0.2) is 5.82 Å². The SMILES string of the molecule is C=CC(=O)Nc1cc(Nc2cc(N3OCC[C@@H]3c3ccc(F)cc3F)ncn2)c(OC)cc1N1CCN(C2CCOCC2)CC1. The lowest BCUT2D eigenvalue weighted by atomic mass is 10.0. The van der Waals surface area contributed by atoms with Crippen LogP contribution in [0, 0.1) is 11.6 Å². The molecule has 0 saturated carbocycles. The van der Waals surface area contributed by atoms with Crippen molar-refractivity contribution >= 4 is 34.6 Å². The van der Waals surface area contributed by atoms with Crippen LogP contribution in [-0.2, 0) is 14.4 Å². The fourth-order valence-electron chi connectivity index (χ4n) is 6.18. The summed E-state index contributed by atoms with van der Waals surface area (Å²) < 4.78 is 39.5. The summed E-state index contributed by atoms with van der Waals surface area (Å²) in [5.74, 6) is -0.245. The van der Waals surface area contributed by atoms with Gasteiger partial charge in [-0.05, 0) is 31.1 Å². The number of methoxy groups -OCH3 is 1. The summed E-state index contributed by atoms with van der Waals surface area (Å²) in [6.45, 7) is 8.98. The first-order valence-corrected chi connectivity index (χ1v) is 15.1. The van der Waals surface area contributed by atoms with E-state index in [1.807, 2.05) is 12.1 Å². The van der Waals surface area contributed by atoms with Gasteiger partial charge in [0.1, 0.15) is 29.5 Å². The molecular formula is C32H37F2N7O4. The summed E-state index contributed by atoms with van der Waals surface area (Å²) in [6.07, 6.45) is 5.20. The summed E-state index contributed by atoms with van der Waals surface area (Å²) >= 11 is 0. The van der Waals surface area contributed by atoms with Crippen LogP contribution < -0.4 is 25.3 Å². The Hall–Kier alpha value is -4.33. The molecule has 0 spiro atoms. The smallest absolute Gasteiger partial charge is 0.247 e. The van der Waals surface area contributed by atoms with Gasteiger partial charge in [0.25, 0.3) is 0 Å². The maximum atomic E-state index is 14.6. The van der Waals surface area contributed by atoms with Gasteiger partial charge < -0.3 is 25.0 Å². The number of carbonyl (C=O) groups excluding carboxylic acids is 1. The number of carbonyl (C=O) groups is 1. The van der Waals surface area contributed by atoms with Crippen LogP contribution in [0.25, 0.3) is 0 Å². The molecule has 2 aromatic carbocycles. The number of benzene rings is 2. The maximum absolute atomic E-state index is 14.6. The number of aromatic nitrogens is 2. The standard InChI is InChI=1S/C32H37F2N7O4/c1-3-32(42)38-25-17-26(29(43-2)18-28(25)40-11-9-39(10-12-40)22-6-13-44-14-7-22)37-30-19-31(36-20-35-30)41-27(8-15-45-41)23-5-4-21(33)16-24(23)34/h3-5,16-20,22,27H,1,6-15H2,2H3,(H,38,42)(H,35,36,37)/t27-/m1/s1. The lowest BCUT2D eigenvalue weighted by molar-refractivity contribution is -0.111. The molecule has 4 heterocycles. The zero-order valence-corrected chi connectivity index (χ0v) is 25.2. The molecule has 2 N–H and O–H groups in total. The van der Waals surface area contributed by atoms with E-state index in [0.29, 0.717) is 53.4 Å². The Balaban J connectivity index is 1.24. The van der Waals surface area contributed by atoms with Gasteiger partial charge in [-0.2, -0.15) is 0 Å². The van der Waals surface area contributed by atoms with Crippen molar-refractivity contribution in [3.05, 3.63) is 72.6 Å². The number of hydroxylamine groups is 1. The molecule has 3 aliphatic heterocycles. The van der Waals surface area contributed by atoms with Gasteiger partial charge in [0, 0.05) is 75.6 Å². The number of ether oxygens (including phenoxy) is 2. The summed E-state index contributed by atoms with van der Waals surface area (Å²) in [4.78, 5) is 31.8. The first-order chi connectivity index (χ1) is 21.9. The highest BCUT2D eigenvalue weighted by Crippen LogP contribution is 2.40. The van der Waals surface area contributed by atoms with E-state index in [1.54, 1.807) is 13.2 Å². The zero-order chi connectivity index (χ0) is 31.3. The van der Waals surface area contributed by atoms with E-state index < -0.39 is 17.7 Å². The van der Waals surface area contributed by atoms with E-state index in [2.05, 4.69) is 37.0 Å². The number of nitrogens with one attached hydrogen (secondary N) is 2. The Kier molecular flexibility index (Phi) is 9.38. The summed E-state index contributed by atoms with van der Waals surface area (Å²) in [5.41, 5.74) is 2.33. The van der Waals surface area contributed by atoms with Crippen molar-refractivity contribution in [2.75, 3.05) is 73.7 Å². The van der Waals surface area contributed by atoms with Crippen molar-refractivity contribution in [2.24, 2.45) is 0 Å². The minimum atomic E-state index is -0.646. The number of anilines is 5. The maximum Gasteiger partial charge on any atom is 0.247 e. The number of amides is 1. The number of nitrogens with zero attached hydrogens (tertiary/aromatic N) is 5. The van der Waals surface area contributed by atoms with Gasteiger partial charge in [0.05, 0.1) is 36.8 Å². The molecule has 11 nitrogen and oxygen atoms in total. The lowest BCUT2D eigenvalue weighted by Crippen LogP contribution is -2.51. The quantitative estimate of drug-likeness (QED) is 0.324. The summed E-state index contributed by atoms with van der Waals surface area (Å²) in [6, 6.07) is 8.95. The van der Waals surface area contributed by atoms with Crippen LogP contribution in [0.5, 0.6) is 5.75 Å². The summed E-state index contributed by atoms with van der Waals surface area (Å²) in [5, 5.41) is 7.74. The molecule has 3 aromatic rings. The fourth-order valence-corrected chi connectivity index (χ4v) is 6.18. The molecule has 6 rings (SSSR count). The molecule has 13 heteroatoms. The molecule has 0 radical (unpaired) electrons. The zero-order valence-electron chi connectivity index (χ0n) is 25.2. The highest BCUT2D eigenvalue weighted by atomic mass is 19.1. The van der Waals surface area contributed by atoms with Gasteiger partial charge in [-0.15, -0.1) is 0 Å². The van der Waals surface area contributed by atoms with E-state index in [4.69, 9.17) is 14.3 Å². The second-order valence-corrected chi connectivity index (χ2v) is 11.1. The molecule has 0 unspecified atom stereocenters. The van der Waals surface area contributed by atoms with E-state index in [0.717, 1.165) is 64.0 Å². The van der Waals surface area contributed by atoms with Crippen LogP contribution in [0.2, 0.25) is 0 Å². The Bertz CT molecular complexity index is 1530. The van der Waals surface area contributed by atoms with E-state index in [-0.39, 0.29) is 5.91 Å². The average molecular weight is 622 g/mol. The molecule has 238 valence electrons. The predicted molar refractivity (Wildman–Crippen MR) is 167 cm³/mol. The lowest BCUT2D eigenvalue weighted by Gasteiger charge is -2.42. The van der Waals surface area contributed by atoms with E-state index in [1.165, 1.54) is 29.6 Å². The number of piperazine rings is 1. The number of hydrogen-bond donors (Lipinski definition) is 2. The minimum Gasteiger partial charge on any atom is -0.494 e. The van der Waals surface area contributed by atoms with Crippen LogP contribution in [0.15, 0.2) is 55.4 Å². The van der Waals surface area contributed by atoms with Crippen LogP contribution >= 0.6 is 0 Å². The van der Waals surface area contributed by atoms with Crippen LogP contribution in [0.1, 0.15) is 30.9 Å². The van der Waals surface area contributed by atoms with Gasteiger partial charge in [-0.1, -0.05) is 12.6 Å². The third-order valence-electron chi connectivity index (χ3n) is 8.49. The number of rotatable bonds is 9. The largest absolute Gasteiger partial charge is 0.494 e. The third-order valence-corrected chi connectivity index (χ3v) is 8.49. The van der Waals surface area contributed by atoms with Crippen molar-refractivity contribution in [2.45, 2.75) is 31.3 Å². The normalized spacial score (nSPS) is 19.4. The molecule has 1 aromatic heterocycles. The van der Waals surface area contributed by atoms with Crippen molar-refractivity contribution in [1.29, 1.82) is 0 Å². The molecule has 45 heavy (non-hydrogen) atoms. The van der Waals surface area contributed by atoms with Crippen molar-refractivity contribution in [3.63, 3.8) is 0 Å². The molecule has 3 saturated heterocycles. The van der Waals surface area contributed by atoms with Gasteiger partial charge in [0.2, 0.25) is 5.91 Å². The molecule has 0 aliphatic carbocycles. The second-order valence-electron chi connectivity index (χ2n) is 11.1. The Morgan fingerprint density at radius 1 is 1.02 bits per heavy atom. The Morgan fingerprint density at radius 2 is 1.82 bits per heavy atom. The second kappa shape index (κ2) is 13.8. The van der Waals surface area contributed by atoms with Crippen LogP contribution in [0.3, 0.4) is 0 Å². The average Bonchev–Trinajstić information content (AvgIpc) is 3.55. The minimum absolute atomic E-state index is 0.315. The molecule has 3 fully saturated rings. The fraction of sp³-hybridized carbons (Fsp3) is 0.406.